The van der Waals surface area contributed by atoms with Gasteiger partial charge in [-0.2, -0.15) is 0 Å². The van der Waals surface area contributed by atoms with Crippen LogP contribution >= 0.6 is 0 Å². The first-order valence-corrected chi connectivity index (χ1v) is 12.3. The van der Waals surface area contributed by atoms with E-state index in [1.807, 2.05) is 6.20 Å². The van der Waals surface area contributed by atoms with Crippen molar-refractivity contribution in [3.8, 4) is 5.75 Å². The molecule has 0 aliphatic carbocycles. The fraction of sp³-hybridized carbons (Fsp3) is 0.480. The number of nitrogen functional groups attached to an aromatic ring is 1. The zero-order chi connectivity index (χ0) is 26.3. The summed E-state index contributed by atoms with van der Waals surface area (Å²) < 4.78 is 43.0. The number of carbonyl (C=O) groups excluding carboxylic acids is 1. The number of hydrogen-bond donors (Lipinski definition) is 2. The summed E-state index contributed by atoms with van der Waals surface area (Å²) in [7, 11) is 2.12. The number of nitrogens with zero attached hydrogens (tertiary/aromatic N) is 4. The molecule has 4 heterocycles. The standard InChI is InChI=1S/C25H29F3N6O3/c1-32-8-4-15(5-9-32)16-12-21-22(30-14-16)31-24(36)34(21)17-6-10-33(11-7-17)23(35)19-3-2-18(13-20(19)29)37-25(26,27)28/h2-3,12-15,17H,4-11,29H2,1H3,(H,30,31,36). The summed E-state index contributed by atoms with van der Waals surface area (Å²) in [6.45, 7) is 2.81. The second-order valence-corrected chi connectivity index (χ2v) is 9.83. The van der Waals surface area contributed by atoms with Gasteiger partial charge in [-0.05, 0) is 75.5 Å². The molecule has 0 atom stereocenters. The van der Waals surface area contributed by atoms with Crippen LogP contribution in [0.1, 0.15) is 53.6 Å². The lowest BCUT2D eigenvalue weighted by molar-refractivity contribution is -0.274. The van der Waals surface area contributed by atoms with E-state index in [0.29, 0.717) is 37.5 Å². The van der Waals surface area contributed by atoms with Gasteiger partial charge in [0.05, 0.1) is 11.1 Å². The van der Waals surface area contributed by atoms with Crippen molar-refractivity contribution in [2.24, 2.45) is 0 Å². The van der Waals surface area contributed by atoms with Crippen molar-refractivity contribution in [2.75, 3.05) is 39.0 Å². The van der Waals surface area contributed by atoms with Crippen molar-refractivity contribution < 1.29 is 22.7 Å². The normalized spacial score (nSPS) is 18.4. The van der Waals surface area contributed by atoms with E-state index >= 15 is 0 Å². The van der Waals surface area contributed by atoms with Crippen molar-refractivity contribution in [2.45, 2.75) is 44.0 Å². The van der Waals surface area contributed by atoms with E-state index in [9.17, 15) is 22.8 Å². The topological polar surface area (TPSA) is 109 Å². The molecule has 2 fully saturated rings. The number of likely N-dealkylation sites (tertiary alicyclic amines) is 2. The number of nitrogens with two attached hydrogens (primary N) is 1. The van der Waals surface area contributed by atoms with Crippen LogP contribution in [0.25, 0.3) is 11.2 Å². The van der Waals surface area contributed by atoms with Crippen LogP contribution in [-0.4, -0.2) is 69.8 Å². The maximum absolute atomic E-state index is 13.0. The molecule has 12 heteroatoms. The summed E-state index contributed by atoms with van der Waals surface area (Å²) in [6.07, 6.45) is 0.202. The van der Waals surface area contributed by atoms with Gasteiger partial charge in [-0.1, -0.05) is 0 Å². The number of nitrogens with one attached hydrogen (secondary N) is 1. The number of H-pyrrole nitrogens is 1. The Morgan fingerprint density at radius 2 is 1.81 bits per heavy atom. The molecule has 2 aliphatic rings. The first kappa shape index (κ1) is 25.1. The van der Waals surface area contributed by atoms with Crippen molar-refractivity contribution in [1.29, 1.82) is 0 Å². The molecule has 0 saturated carbocycles. The third-order valence-corrected chi connectivity index (χ3v) is 7.39. The minimum atomic E-state index is -4.84. The number of halogens is 3. The van der Waals surface area contributed by atoms with Gasteiger partial charge in [0, 0.05) is 37.1 Å². The Hall–Kier alpha value is -3.54. The molecule has 0 spiro atoms. The van der Waals surface area contributed by atoms with Crippen molar-refractivity contribution in [3.05, 3.63) is 52.1 Å². The van der Waals surface area contributed by atoms with Crippen LogP contribution in [0, 0.1) is 0 Å². The number of rotatable bonds is 4. The smallest absolute Gasteiger partial charge is 0.406 e. The Bertz CT molecular complexity index is 1350. The minimum absolute atomic E-state index is 0.0887. The molecule has 0 bridgehead atoms. The van der Waals surface area contributed by atoms with Crippen molar-refractivity contribution in [3.63, 3.8) is 0 Å². The molecule has 37 heavy (non-hydrogen) atoms. The molecule has 2 aliphatic heterocycles. The number of aromatic amines is 1. The van der Waals surface area contributed by atoms with E-state index in [0.717, 1.165) is 49.1 Å². The lowest BCUT2D eigenvalue weighted by atomic mass is 9.90. The van der Waals surface area contributed by atoms with Crippen molar-refractivity contribution in [1.82, 2.24) is 24.3 Å². The molecular weight excluding hydrogens is 489 g/mol. The number of piperidine rings is 2. The van der Waals surface area contributed by atoms with Gasteiger partial charge in [0.2, 0.25) is 0 Å². The number of pyridine rings is 1. The Kier molecular flexibility index (Phi) is 6.61. The molecule has 0 radical (unpaired) electrons. The maximum Gasteiger partial charge on any atom is 0.573 e. The largest absolute Gasteiger partial charge is 0.573 e. The highest BCUT2D eigenvalue weighted by Crippen LogP contribution is 2.32. The zero-order valence-corrected chi connectivity index (χ0v) is 20.4. The van der Waals surface area contributed by atoms with Gasteiger partial charge in [-0.3, -0.25) is 14.3 Å². The number of amides is 1. The van der Waals surface area contributed by atoms with Gasteiger partial charge >= 0.3 is 12.1 Å². The van der Waals surface area contributed by atoms with Crippen LogP contribution < -0.4 is 16.2 Å². The summed E-state index contributed by atoms with van der Waals surface area (Å²) in [5.74, 6) is -0.441. The molecule has 1 amide bonds. The third kappa shape index (κ3) is 5.29. The molecule has 9 nitrogen and oxygen atoms in total. The van der Waals surface area contributed by atoms with Gasteiger partial charge in [0.25, 0.3) is 5.91 Å². The van der Waals surface area contributed by atoms with E-state index in [-0.39, 0.29) is 28.9 Å². The number of fused-ring (bicyclic) bond motifs is 1. The Balaban J connectivity index is 1.30. The third-order valence-electron chi connectivity index (χ3n) is 7.39. The maximum atomic E-state index is 13.0. The van der Waals surface area contributed by atoms with Gasteiger partial charge in [-0.15, -0.1) is 13.2 Å². The summed E-state index contributed by atoms with van der Waals surface area (Å²) in [5.41, 5.74) is 8.12. The zero-order valence-electron chi connectivity index (χ0n) is 20.4. The predicted molar refractivity (Wildman–Crippen MR) is 132 cm³/mol. The number of hydrogen-bond acceptors (Lipinski definition) is 6. The molecule has 198 valence electrons. The summed E-state index contributed by atoms with van der Waals surface area (Å²) in [5, 5.41) is 0. The lowest BCUT2D eigenvalue weighted by Crippen LogP contribution is -2.40. The first-order valence-electron chi connectivity index (χ1n) is 12.3. The molecule has 1 aromatic carbocycles. The van der Waals surface area contributed by atoms with Gasteiger partial charge in [0.15, 0.2) is 5.65 Å². The number of imidazole rings is 1. The van der Waals surface area contributed by atoms with Crippen LogP contribution in [0.15, 0.2) is 35.3 Å². The molecule has 5 rings (SSSR count). The first-order chi connectivity index (χ1) is 17.6. The number of ether oxygens (including phenoxy) is 1. The van der Waals surface area contributed by atoms with E-state index in [1.54, 1.807) is 9.47 Å². The molecule has 3 aromatic rings. The average Bonchev–Trinajstić information content (AvgIpc) is 3.18. The highest BCUT2D eigenvalue weighted by Gasteiger charge is 2.32. The highest BCUT2D eigenvalue weighted by molar-refractivity contribution is 5.99. The van der Waals surface area contributed by atoms with Gasteiger partial charge < -0.3 is 20.3 Å². The van der Waals surface area contributed by atoms with Gasteiger partial charge in [-0.25, -0.2) is 9.78 Å². The molecular formula is C25H29F3N6O3. The SMILES string of the molecule is CN1CCC(c2cnc3[nH]c(=O)n(C4CCN(C(=O)c5ccc(OC(F)(F)F)cc5N)CC4)c3c2)CC1. The van der Waals surface area contributed by atoms with Crippen LogP contribution in [0.2, 0.25) is 0 Å². The second kappa shape index (κ2) is 9.73. The highest BCUT2D eigenvalue weighted by atomic mass is 19.4. The summed E-state index contributed by atoms with van der Waals surface area (Å²) in [6, 6.07) is 5.27. The monoisotopic (exact) mass is 518 g/mol. The molecule has 0 unspecified atom stereocenters. The van der Waals surface area contributed by atoms with E-state index in [1.165, 1.54) is 6.07 Å². The quantitative estimate of drug-likeness (QED) is 0.512. The van der Waals surface area contributed by atoms with Crippen LogP contribution in [0.5, 0.6) is 5.75 Å². The van der Waals surface area contributed by atoms with E-state index in [4.69, 9.17) is 5.73 Å². The lowest BCUT2D eigenvalue weighted by Gasteiger charge is -2.33. The fourth-order valence-electron chi connectivity index (χ4n) is 5.38. The number of anilines is 1. The summed E-state index contributed by atoms with van der Waals surface area (Å²) in [4.78, 5) is 37.2. The average molecular weight is 519 g/mol. The number of benzene rings is 1. The molecule has 3 N–H and O–H groups in total. The van der Waals surface area contributed by atoms with Gasteiger partial charge in [0.1, 0.15) is 5.75 Å². The van der Waals surface area contributed by atoms with E-state index in [2.05, 4.69) is 32.7 Å². The number of carbonyl (C=O) groups is 1. The Morgan fingerprint density at radius 3 is 2.46 bits per heavy atom. The van der Waals surface area contributed by atoms with Crippen LogP contribution in [0.3, 0.4) is 0 Å². The molecule has 2 saturated heterocycles. The molecule has 2 aromatic heterocycles. The Labute approximate surface area is 211 Å². The predicted octanol–water partition coefficient (Wildman–Crippen LogP) is 3.49. The minimum Gasteiger partial charge on any atom is -0.406 e. The fourth-order valence-corrected chi connectivity index (χ4v) is 5.38. The van der Waals surface area contributed by atoms with Crippen molar-refractivity contribution >= 4 is 22.8 Å². The summed E-state index contributed by atoms with van der Waals surface area (Å²) >= 11 is 0. The second-order valence-electron chi connectivity index (χ2n) is 9.83. The van der Waals surface area contributed by atoms with Crippen LogP contribution in [-0.2, 0) is 0 Å². The van der Waals surface area contributed by atoms with E-state index < -0.39 is 12.1 Å². The number of aromatic nitrogens is 3. The Morgan fingerprint density at radius 1 is 1.11 bits per heavy atom. The van der Waals surface area contributed by atoms with Crippen LogP contribution in [0.4, 0.5) is 18.9 Å². The number of alkyl halides is 3.